The number of carbonyl (C=O) groups excluding carboxylic acids is 1. The van der Waals surface area contributed by atoms with Crippen molar-refractivity contribution >= 4 is 5.78 Å². The summed E-state index contributed by atoms with van der Waals surface area (Å²) >= 11 is 0. The Kier molecular flexibility index (Phi) is 2.55. The Balaban J connectivity index is 3.29. The van der Waals surface area contributed by atoms with E-state index in [0.717, 1.165) is 11.1 Å². The number of hydrogen-bond acceptors (Lipinski definition) is 1. The van der Waals surface area contributed by atoms with Crippen LogP contribution in [0.4, 0.5) is 0 Å². The highest BCUT2D eigenvalue weighted by Gasteiger charge is 2.28. The van der Waals surface area contributed by atoms with Crippen molar-refractivity contribution in [1.29, 1.82) is 0 Å². The average Bonchev–Trinajstić information content (AvgIpc) is 2.08. The molecule has 13 heavy (non-hydrogen) atoms. The van der Waals surface area contributed by atoms with Crippen molar-refractivity contribution in [2.24, 2.45) is 5.41 Å². The Labute approximate surface area is 79.8 Å². The maximum atomic E-state index is 11.5. The van der Waals surface area contributed by atoms with Crippen LogP contribution in [0.1, 0.15) is 27.7 Å². The van der Waals surface area contributed by atoms with Gasteiger partial charge in [-0.15, -0.1) is 0 Å². The Hall–Kier alpha value is -1.11. The van der Waals surface area contributed by atoms with Crippen LogP contribution in [0.5, 0.6) is 0 Å². The van der Waals surface area contributed by atoms with Gasteiger partial charge in [-0.2, -0.15) is 0 Å². The van der Waals surface area contributed by atoms with Gasteiger partial charge in [-0.25, -0.2) is 0 Å². The van der Waals surface area contributed by atoms with E-state index in [0.29, 0.717) is 0 Å². The summed E-state index contributed by atoms with van der Waals surface area (Å²) in [6.45, 7) is 8.13. The number of hydrogen-bond donors (Lipinski definition) is 0. The lowest BCUT2D eigenvalue weighted by atomic mass is 9.74. The zero-order valence-corrected chi connectivity index (χ0v) is 8.72. The zero-order chi connectivity index (χ0) is 10.1. The van der Waals surface area contributed by atoms with E-state index < -0.39 is 0 Å². The summed E-state index contributed by atoms with van der Waals surface area (Å²) in [7, 11) is 0. The predicted octanol–water partition coefficient (Wildman–Crippen LogP) is 3.04. The molecule has 0 spiro atoms. The molecule has 0 aromatic rings. The Morgan fingerprint density at radius 2 is 1.85 bits per heavy atom. The molecule has 0 amide bonds. The smallest absolute Gasteiger partial charge is 0.185 e. The first-order valence-corrected chi connectivity index (χ1v) is 4.60. The van der Waals surface area contributed by atoms with Crippen molar-refractivity contribution in [3.63, 3.8) is 0 Å². The van der Waals surface area contributed by atoms with E-state index in [9.17, 15) is 4.79 Å². The fraction of sp³-hybridized carbons (Fsp3) is 0.417. The maximum absolute atomic E-state index is 11.5. The molecule has 0 aliphatic heterocycles. The lowest BCUT2D eigenvalue weighted by molar-refractivity contribution is -0.111. The molecule has 0 heterocycles. The molecule has 1 nitrogen and oxygen atoms in total. The molecule has 1 rings (SSSR count). The number of carbonyl (C=O) groups is 1. The number of allylic oxidation sites excluding steroid dienone is 6. The van der Waals surface area contributed by atoms with Gasteiger partial charge in [-0.1, -0.05) is 32.1 Å². The molecule has 0 fully saturated rings. The van der Waals surface area contributed by atoms with Crippen molar-refractivity contribution in [2.45, 2.75) is 27.7 Å². The topological polar surface area (TPSA) is 17.1 Å². The molecule has 0 unspecified atom stereocenters. The third-order valence-electron chi connectivity index (χ3n) is 2.48. The summed E-state index contributed by atoms with van der Waals surface area (Å²) in [5, 5.41) is 0. The molecule has 70 valence electrons. The second-order valence-electron chi connectivity index (χ2n) is 3.82. The standard InChI is InChI=1S/C12H16O/c1-5-9-10(6-2)12(3,4)8-7-11(9)13/h5-8H,1-4H3/b9-5+,10-6?. The zero-order valence-electron chi connectivity index (χ0n) is 8.72. The molecular weight excluding hydrogens is 160 g/mol. The minimum Gasteiger partial charge on any atom is -0.289 e. The lowest BCUT2D eigenvalue weighted by Crippen LogP contribution is -2.21. The molecule has 0 saturated heterocycles. The van der Waals surface area contributed by atoms with Gasteiger partial charge in [-0.3, -0.25) is 4.79 Å². The van der Waals surface area contributed by atoms with E-state index >= 15 is 0 Å². The molecule has 0 aromatic heterocycles. The summed E-state index contributed by atoms with van der Waals surface area (Å²) in [5.74, 6) is 0.120. The van der Waals surface area contributed by atoms with Gasteiger partial charge in [0.2, 0.25) is 0 Å². The fourth-order valence-electron chi connectivity index (χ4n) is 1.77. The quantitative estimate of drug-likeness (QED) is 0.518. The summed E-state index contributed by atoms with van der Waals surface area (Å²) in [4.78, 5) is 11.5. The Bertz CT molecular complexity index is 314. The van der Waals surface area contributed by atoms with Crippen molar-refractivity contribution in [3.05, 3.63) is 35.5 Å². The normalized spacial score (nSPS) is 27.2. The molecule has 1 heteroatoms. The first-order chi connectivity index (χ1) is 6.03. The van der Waals surface area contributed by atoms with Crippen LogP contribution in [0.15, 0.2) is 35.5 Å². The molecule has 0 atom stereocenters. The molecule has 0 N–H and O–H groups in total. The molecule has 0 bridgehead atoms. The molecule has 1 aliphatic carbocycles. The van der Waals surface area contributed by atoms with Crippen LogP contribution in [0, 0.1) is 5.41 Å². The van der Waals surface area contributed by atoms with Crippen LogP contribution in [0.25, 0.3) is 0 Å². The first-order valence-electron chi connectivity index (χ1n) is 4.60. The predicted molar refractivity (Wildman–Crippen MR) is 55.4 cm³/mol. The monoisotopic (exact) mass is 176 g/mol. The SMILES string of the molecule is CC=C1/C(=C\C)C(=O)C=CC1(C)C. The highest BCUT2D eigenvalue weighted by Crippen LogP contribution is 2.37. The maximum Gasteiger partial charge on any atom is 0.185 e. The van der Waals surface area contributed by atoms with Crippen molar-refractivity contribution in [3.8, 4) is 0 Å². The van der Waals surface area contributed by atoms with E-state index in [1.54, 1.807) is 6.08 Å². The fourth-order valence-corrected chi connectivity index (χ4v) is 1.77. The van der Waals surface area contributed by atoms with Crippen molar-refractivity contribution in [2.75, 3.05) is 0 Å². The largest absolute Gasteiger partial charge is 0.289 e. The van der Waals surface area contributed by atoms with E-state index in [1.165, 1.54) is 0 Å². The van der Waals surface area contributed by atoms with Gasteiger partial charge in [0.15, 0.2) is 5.78 Å². The van der Waals surface area contributed by atoms with Crippen LogP contribution in [0.2, 0.25) is 0 Å². The van der Waals surface area contributed by atoms with Crippen molar-refractivity contribution < 1.29 is 4.79 Å². The van der Waals surface area contributed by atoms with Gasteiger partial charge >= 0.3 is 0 Å². The lowest BCUT2D eigenvalue weighted by Gasteiger charge is -2.29. The first kappa shape index (κ1) is 9.97. The molecule has 0 radical (unpaired) electrons. The number of rotatable bonds is 0. The van der Waals surface area contributed by atoms with Crippen LogP contribution >= 0.6 is 0 Å². The summed E-state index contributed by atoms with van der Waals surface area (Å²) < 4.78 is 0. The second-order valence-corrected chi connectivity index (χ2v) is 3.82. The highest BCUT2D eigenvalue weighted by atomic mass is 16.1. The third-order valence-corrected chi connectivity index (χ3v) is 2.48. The van der Waals surface area contributed by atoms with Gasteiger partial charge in [0, 0.05) is 11.0 Å². The van der Waals surface area contributed by atoms with Crippen LogP contribution in [-0.4, -0.2) is 5.78 Å². The molecule has 0 saturated carbocycles. The van der Waals surface area contributed by atoms with Crippen molar-refractivity contribution in [1.82, 2.24) is 0 Å². The van der Waals surface area contributed by atoms with E-state index in [-0.39, 0.29) is 11.2 Å². The third kappa shape index (κ3) is 1.64. The van der Waals surface area contributed by atoms with E-state index in [4.69, 9.17) is 0 Å². The summed E-state index contributed by atoms with van der Waals surface area (Å²) in [6, 6.07) is 0. The van der Waals surface area contributed by atoms with E-state index in [2.05, 4.69) is 13.8 Å². The van der Waals surface area contributed by atoms with E-state index in [1.807, 2.05) is 32.1 Å². The second kappa shape index (κ2) is 3.33. The Morgan fingerprint density at radius 1 is 1.23 bits per heavy atom. The summed E-state index contributed by atoms with van der Waals surface area (Å²) in [5.41, 5.74) is 1.96. The average molecular weight is 176 g/mol. The molecular formula is C12H16O. The molecule has 1 aliphatic rings. The van der Waals surface area contributed by atoms with Crippen LogP contribution < -0.4 is 0 Å². The van der Waals surface area contributed by atoms with Gasteiger partial charge in [0.25, 0.3) is 0 Å². The number of ketones is 1. The van der Waals surface area contributed by atoms with Crippen LogP contribution in [0.3, 0.4) is 0 Å². The summed E-state index contributed by atoms with van der Waals surface area (Å²) in [6.07, 6.45) is 7.56. The van der Waals surface area contributed by atoms with Gasteiger partial charge < -0.3 is 0 Å². The minimum absolute atomic E-state index is 0.00942. The van der Waals surface area contributed by atoms with Gasteiger partial charge in [0.05, 0.1) is 0 Å². The molecule has 0 aromatic carbocycles. The highest BCUT2D eigenvalue weighted by molar-refractivity contribution is 6.09. The van der Waals surface area contributed by atoms with Gasteiger partial charge in [-0.05, 0) is 25.5 Å². The Morgan fingerprint density at radius 3 is 2.23 bits per heavy atom. The van der Waals surface area contributed by atoms with Gasteiger partial charge in [0.1, 0.15) is 0 Å². The van der Waals surface area contributed by atoms with Crippen LogP contribution in [-0.2, 0) is 4.79 Å². The minimum atomic E-state index is -0.00942.